The zero-order chi connectivity index (χ0) is 20.8. The molecule has 5 nitrogen and oxygen atoms in total. The van der Waals surface area contributed by atoms with E-state index in [0.717, 1.165) is 22.3 Å². The van der Waals surface area contributed by atoms with E-state index in [1.54, 1.807) is 37.4 Å². The van der Waals surface area contributed by atoms with Crippen LogP contribution >= 0.6 is 23.2 Å². The molecule has 8 heteroatoms. The predicted octanol–water partition coefficient (Wildman–Crippen LogP) is 4.94. The van der Waals surface area contributed by atoms with Crippen molar-refractivity contribution in [2.24, 2.45) is 5.14 Å². The van der Waals surface area contributed by atoms with E-state index in [0.29, 0.717) is 27.1 Å². The molecule has 1 aliphatic heterocycles. The van der Waals surface area contributed by atoms with Crippen LogP contribution in [0.4, 0.5) is 0 Å². The van der Waals surface area contributed by atoms with Gasteiger partial charge in [0.1, 0.15) is 17.6 Å². The van der Waals surface area contributed by atoms with Gasteiger partial charge in [-0.15, -0.1) is 0 Å². The van der Waals surface area contributed by atoms with Crippen LogP contribution in [0.15, 0.2) is 54.6 Å². The van der Waals surface area contributed by atoms with Gasteiger partial charge in [-0.2, -0.15) is 0 Å². The Hall–Kier alpha value is -2.25. The fraction of sp³-hybridized carbons (Fsp3) is 0.143. The Kier molecular flexibility index (Phi) is 5.21. The third-order valence-electron chi connectivity index (χ3n) is 4.71. The van der Waals surface area contributed by atoms with E-state index in [9.17, 15) is 8.42 Å². The summed E-state index contributed by atoms with van der Waals surface area (Å²) in [5, 5.41) is 6.27. The molecule has 0 radical (unpaired) electrons. The molecule has 3 aromatic rings. The number of hydrogen-bond acceptors (Lipinski definition) is 4. The van der Waals surface area contributed by atoms with Crippen LogP contribution in [-0.4, -0.2) is 15.5 Å². The molecular formula is C21H17Cl2NO4S. The fourth-order valence-electron chi connectivity index (χ4n) is 3.58. The number of halogens is 2. The van der Waals surface area contributed by atoms with Crippen LogP contribution in [0.3, 0.4) is 0 Å². The van der Waals surface area contributed by atoms with E-state index < -0.39 is 16.1 Å². The summed E-state index contributed by atoms with van der Waals surface area (Å²) in [5.41, 5.74) is 3.74. The number of ether oxygens (including phenoxy) is 2. The lowest BCUT2D eigenvalue weighted by Gasteiger charge is -2.31. The molecule has 150 valence electrons. The van der Waals surface area contributed by atoms with Gasteiger partial charge in [-0.3, -0.25) is 0 Å². The maximum atomic E-state index is 11.6. The summed E-state index contributed by atoms with van der Waals surface area (Å²) in [5.74, 6) is 0.833. The van der Waals surface area contributed by atoms with E-state index in [-0.39, 0.29) is 5.75 Å². The topological polar surface area (TPSA) is 78.6 Å². The van der Waals surface area contributed by atoms with Crippen LogP contribution < -0.4 is 14.6 Å². The Morgan fingerprint density at radius 1 is 1.10 bits per heavy atom. The number of fused-ring (bicyclic) bond motifs is 3. The maximum Gasteiger partial charge on any atom is 0.213 e. The molecule has 1 atom stereocenters. The Morgan fingerprint density at radius 2 is 1.90 bits per heavy atom. The first-order valence-corrected chi connectivity index (χ1v) is 11.2. The van der Waals surface area contributed by atoms with Crippen LogP contribution in [0.1, 0.15) is 22.8 Å². The minimum Gasteiger partial charge on any atom is -0.494 e. The predicted molar refractivity (Wildman–Crippen MR) is 114 cm³/mol. The Labute approximate surface area is 179 Å². The van der Waals surface area contributed by atoms with Crippen LogP contribution in [-0.2, 0) is 15.8 Å². The summed E-state index contributed by atoms with van der Waals surface area (Å²) in [6.07, 6.45) is -0.484. The van der Waals surface area contributed by atoms with Crippen LogP contribution in [0.2, 0.25) is 10.0 Å². The Balaban J connectivity index is 1.96. The van der Waals surface area contributed by atoms with Gasteiger partial charge in [0.15, 0.2) is 0 Å². The number of benzene rings is 3. The van der Waals surface area contributed by atoms with Gasteiger partial charge >= 0.3 is 0 Å². The van der Waals surface area contributed by atoms with E-state index in [4.69, 9.17) is 37.8 Å². The number of nitrogens with two attached hydrogens (primary N) is 1. The van der Waals surface area contributed by atoms with E-state index >= 15 is 0 Å². The standard InChI is InChI=1S/C21H17Cl2NO4S/c1-27-21-17(23)7-8-18-19(21)15-6-5-12(11-29(24,25)26)9-16(15)20(28-18)13-3-2-4-14(22)10-13/h2-10,20H,11H2,1H3,(H2,24,25,26). The van der Waals surface area contributed by atoms with Crippen molar-refractivity contribution in [2.75, 3.05) is 7.11 Å². The first-order valence-electron chi connectivity index (χ1n) is 8.69. The van der Waals surface area contributed by atoms with Crippen LogP contribution in [0.25, 0.3) is 11.1 Å². The molecule has 3 aromatic carbocycles. The van der Waals surface area contributed by atoms with Crippen molar-refractivity contribution in [3.63, 3.8) is 0 Å². The molecule has 0 aliphatic carbocycles. The second kappa shape index (κ2) is 7.54. The summed E-state index contributed by atoms with van der Waals surface area (Å²) in [4.78, 5) is 0. The molecule has 0 saturated carbocycles. The summed E-state index contributed by atoms with van der Waals surface area (Å²) < 4.78 is 35.0. The van der Waals surface area contributed by atoms with Gasteiger partial charge in [0.2, 0.25) is 10.0 Å². The van der Waals surface area contributed by atoms with Crippen molar-refractivity contribution in [1.82, 2.24) is 0 Å². The highest BCUT2D eigenvalue weighted by Crippen LogP contribution is 2.51. The second-order valence-electron chi connectivity index (χ2n) is 6.74. The van der Waals surface area contributed by atoms with Gasteiger partial charge in [0.25, 0.3) is 0 Å². The number of methoxy groups -OCH3 is 1. The lowest BCUT2D eigenvalue weighted by molar-refractivity contribution is 0.242. The molecular weight excluding hydrogens is 433 g/mol. The largest absolute Gasteiger partial charge is 0.494 e. The molecule has 1 aliphatic rings. The SMILES string of the molecule is COc1c(Cl)ccc2c1-c1ccc(CS(N)(=O)=O)cc1C(c1cccc(Cl)c1)O2. The normalized spacial score (nSPS) is 15.2. The molecule has 4 rings (SSSR count). The molecule has 2 N–H and O–H groups in total. The molecule has 0 saturated heterocycles. The quantitative estimate of drug-likeness (QED) is 0.611. The molecule has 0 spiro atoms. The monoisotopic (exact) mass is 449 g/mol. The summed E-state index contributed by atoms with van der Waals surface area (Å²) >= 11 is 12.5. The number of rotatable bonds is 4. The summed E-state index contributed by atoms with van der Waals surface area (Å²) in [7, 11) is -2.14. The maximum absolute atomic E-state index is 11.6. The third kappa shape index (κ3) is 3.94. The number of primary sulfonamides is 1. The summed E-state index contributed by atoms with van der Waals surface area (Å²) in [6, 6.07) is 16.2. The highest BCUT2D eigenvalue weighted by molar-refractivity contribution is 7.88. The van der Waals surface area contributed by atoms with Crippen molar-refractivity contribution in [3.05, 3.63) is 81.3 Å². The lowest BCUT2D eigenvalue weighted by atomic mass is 9.88. The van der Waals surface area contributed by atoms with Crippen molar-refractivity contribution < 1.29 is 17.9 Å². The van der Waals surface area contributed by atoms with Gasteiger partial charge in [-0.1, -0.05) is 53.5 Å². The average molecular weight is 450 g/mol. The molecule has 0 fully saturated rings. The zero-order valence-corrected chi connectivity index (χ0v) is 17.7. The van der Waals surface area contributed by atoms with Crippen molar-refractivity contribution in [2.45, 2.75) is 11.9 Å². The van der Waals surface area contributed by atoms with Gasteiger partial charge < -0.3 is 9.47 Å². The smallest absolute Gasteiger partial charge is 0.213 e. The lowest BCUT2D eigenvalue weighted by Crippen LogP contribution is -2.18. The van der Waals surface area contributed by atoms with E-state index in [1.165, 1.54) is 0 Å². The second-order valence-corrected chi connectivity index (χ2v) is 9.19. The highest BCUT2D eigenvalue weighted by atomic mass is 35.5. The van der Waals surface area contributed by atoms with Crippen molar-refractivity contribution in [1.29, 1.82) is 0 Å². The fourth-order valence-corrected chi connectivity index (χ4v) is 4.66. The van der Waals surface area contributed by atoms with Gasteiger partial charge in [0.05, 0.1) is 23.4 Å². The molecule has 1 heterocycles. The minimum absolute atomic E-state index is 0.276. The van der Waals surface area contributed by atoms with Gasteiger partial charge in [-0.25, -0.2) is 13.6 Å². The number of hydrogen-bond donors (Lipinski definition) is 1. The van der Waals surface area contributed by atoms with E-state index in [2.05, 4.69) is 0 Å². The molecule has 0 amide bonds. The molecule has 0 aromatic heterocycles. The first kappa shape index (κ1) is 20.0. The Bertz CT molecular complexity index is 1210. The average Bonchev–Trinajstić information content (AvgIpc) is 2.66. The number of sulfonamides is 1. The van der Waals surface area contributed by atoms with Crippen LogP contribution in [0.5, 0.6) is 11.5 Å². The Morgan fingerprint density at radius 3 is 2.59 bits per heavy atom. The van der Waals surface area contributed by atoms with Gasteiger partial charge in [0, 0.05) is 10.6 Å². The first-order chi connectivity index (χ1) is 13.8. The molecule has 1 unspecified atom stereocenters. The van der Waals surface area contributed by atoms with Gasteiger partial charge in [-0.05, 0) is 41.0 Å². The van der Waals surface area contributed by atoms with Crippen LogP contribution in [0, 0.1) is 0 Å². The molecule has 29 heavy (non-hydrogen) atoms. The van der Waals surface area contributed by atoms with Crippen molar-refractivity contribution >= 4 is 33.2 Å². The summed E-state index contributed by atoms with van der Waals surface area (Å²) in [6.45, 7) is 0. The zero-order valence-electron chi connectivity index (χ0n) is 15.4. The van der Waals surface area contributed by atoms with E-state index in [1.807, 2.05) is 24.3 Å². The third-order valence-corrected chi connectivity index (χ3v) is 5.98. The van der Waals surface area contributed by atoms with Crippen molar-refractivity contribution in [3.8, 4) is 22.6 Å². The molecule has 0 bridgehead atoms. The highest BCUT2D eigenvalue weighted by Gasteiger charge is 2.31. The minimum atomic E-state index is -3.68.